The van der Waals surface area contributed by atoms with E-state index in [2.05, 4.69) is 15.3 Å². The highest BCUT2D eigenvalue weighted by Gasteiger charge is 2.15. The Hall–Kier alpha value is -3.19. The predicted molar refractivity (Wildman–Crippen MR) is 98.7 cm³/mol. The lowest BCUT2D eigenvalue weighted by Gasteiger charge is -2.05. The van der Waals surface area contributed by atoms with Crippen LogP contribution in [0, 0.1) is 0 Å². The molecule has 0 aliphatic carbocycles. The van der Waals surface area contributed by atoms with Crippen LogP contribution in [0.4, 0.5) is 5.13 Å². The van der Waals surface area contributed by atoms with Crippen LogP contribution in [0.3, 0.4) is 0 Å². The molecule has 0 fully saturated rings. The summed E-state index contributed by atoms with van der Waals surface area (Å²) in [5, 5.41) is 3.91. The number of benzene rings is 2. The summed E-state index contributed by atoms with van der Waals surface area (Å²) in [6.45, 7) is 0. The molecular weight excluding hydrogens is 338 g/mol. The summed E-state index contributed by atoms with van der Waals surface area (Å²) in [7, 11) is 1.58. The maximum Gasteiger partial charge on any atom is 0.258 e. The number of thiazole rings is 1. The maximum absolute atomic E-state index is 12.7. The van der Waals surface area contributed by atoms with Gasteiger partial charge in [0.2, 0.25) is 5.56 Å². The number of nitrogens with zero attached hydrogens (tertiary/aromatic N) is 1. The van der Waals surface area contributed by atoms with Gasteiger partial charge in [0.25, 0.3) is 5.91 Å². The lowest BCUT2D eigenvalue weighted by Crippen LogP contribution is -2.16. The molecule has 0 saturated heterocycles. The summed E-state index contributed by atoms with van der Waals surface area (Å²) < 4.78 is 6.20. The first-order chi connectivity index (χ1) is 12.2. The zero-order valence-corrected chi connectivity index (χ0v) is 14.0. The van der Waals surface area contributed by atoms with Crippen molar-refractivity contribution in [3.05, 3.63) is 64.4 Å². The normalized spacial score (nSPS) is 10.9. The van der Waals surface area contributed by atoms with Gasteiger partial charge in [-0.25, -0.2) is 4.98 Å². The fraction of sp³-hybridized carbons (Fsp3) is 0.0556. The van der Waals surface area contributed by atoms with Gasteiger partial charge in [0.05, 0.1) is 17.4 Å². The Balaban J connectivity index is 1.75. The highest BCUT2D eigenvalue weighted by Crippen LogP contribution is 2.32. The molecule has 2 heterocycles. The number of aromatic amines is 1. The van der Waals surface area contributed by atoms with E-state index in [1.165, 1.54) is 17.4 Å². The van der Waals surface area contributed by atoms with Crippen molar-refractivity contribution in [2.24, 2.45) is 0 Å². The lowest BCUT2D eigenvalue weighted by molar-refractivity contribution is 0.102. The third kappa shape index (κ3) is 2.74. The number of hydrogen-bond acceptors (Lipinski definition) is 5. The van der Waals surface area contributed by atoms with Crippen LogP contribution in [0.15, 0.2) is 53.3 Å². The molecule has 1 amide bonds. The summed E-state index contributed by atoms with van der Waals surface area (Å²) in [6.07, 6.45) is 0. The molecule has 2 N–H and O–H groups in total. The van der Waals surface area contributed by atoms with E-state index in [1.807, 2.05) is 24.3 Å². The number of amides is 1. The topological polar surface area (TPSA) is 84.1 Å². The number of methoxy groups -OCH3 is 1. The summed E-state index contributed by atoms with van der Waals surface area (Å²) in [4.78, 5) is 31.7. The molecule has 4 aromatic rings. The Kier molecular flexibility index (Phi) is 3.70. The van der Waals surface area contributed by atoms with Crippen molar-refractivity contribution < 1.29 is 9.53 Å². The minimum absolute atomic E-state index is 0.311. The Morgan fingerprint density at radius 3 is 2.88 bits per heavy atom. The van der Waals surface area contributed by atoms with Crippen LogP contribution in [0.2, 0.25) is 0 Å². The fourth-order valence-corrected chi connectivity index (χ4v) is 3.58. The van der Waals surface area contributed by atoms with Crippen LogP contribution in [-0.2, 0) is 0 Å². The largest absolute Gasteiger partial charge is 0.494 e. The lowest BCUT2D eigenvalue weighted by atomic mass is 10.1. The summed E-state index contributed by atoms with van der Waals surface area (Å²) in [5.74, 6) is 0.274. The van der Waals surface area contributed by atoms with Gasteiger partial charge in [0.15, 0.2) is 5.13 Å². The fourth-order valence-electron chi connectivity index (χ4n) is 2.70. The van der Waals surface area contributed by atoms with Crippen LogP contribution in [0.25, 0.3) is 21.1 Å². The molecule has 2 aromatic heterocycles. The van der Waals surface area contributed by atoms with E-state index < -0.39 is 0 Å². The van der Waals surface area contributed by atoms with E-state index >= 15 is 0 Å². The minimum atomic E-state index is -0.375. The van der Waals surface area contributed by atoms with Gasteiger partial charge < -0.3 is 9.72 Å². The van der Waals surface area contributed by atoms with Gasteiger partial charge in [-0.2, -0.15) is 0 Å². The molecule has 0 atom stereocenters. The first kappa shape index (κ1) is 15.3. The van der Waals surface area contributed by atoms with Gasteiger partial charge in [-0.1, -0.05) is 35.6 Å². The Morgan fingerprint density at radius 2 is 2.04 bits per heavy atom. The molecule has 2 aromatic carbocycles. The van der Waals surface area contributed by atoms with Crippen molar-refractivity contribution in [3.63, 3.8) is 0 Å². The second-order valence-electron chi connectivity index (χ2n) is 5.37. The number of nitrogens with one attached hydrogen (secondary N) is 2. The number of H-pyrrole nitrogens is 1. The first-order valence-corrected chi connectivity index (χ1v) is 8.34. The summed E-state index contributed by atoms with van der Waals surface area (Å²) >= 11 is 1.35. The number of para-hydroxylation sites is 2. The molecule has 0 unspecified atom stereocenters. The van der Waals surface area contributed by atoms with Gasteiger partial charge in [-0.05, 0) is 18.2 Å². The van der Waals surface area contributed by atoms with Crippen LogP contribution in [-0.4, -0.2) is 23.0 Å². The number of pyridine rings is 1. The number of hydrogen-bond donors (Lipinski definition) is 2. The predicted octanol–water partition coefficient (Wildman–Crippen LogP) is 3.40. The minimum Gasteiger partial charge on any atom is -0.494 e. The monoisotopic (exact) mass is 351 g/mol. The molecule has 0 radical (unpaired) electrons. The van der Waals surface area contributed by atoms with E-state index in [-0.39, 0.29) is 11.5 Å². The quantitative estimate of drug-likeness (QED) is 0.592. The molecule has 0 saturated carbocycles. The number of carbonyl (C=O) groups excluding carboxylic acids is 1. The molecule has 0 aliphatic rings. The molecule has 25 heavy (non-hydrogen) atoms. The number of carbonyl (C=O) groups is 1. The van der Waals surface area contributed by atoms with E-state index in [9.17, 15) is 9.59 Å². The standard InChI is InChI=1S/C18H13N3O3S/c1-24-13-7-4-8-14-16(13)20-18(25-14)21-17(23)11-9-15(22)19-12-6-3-2-5-10(11)12/h2-9H,1H3,(H,19,22)(H,20,21,23). The highest BCUT2D eigenvalue weighted by atomic mass is 32.1. The van der Waals surface area contributed by atoms with Crippen LogP contribution in [0.5, 0.6) is 5.75 Å². The second kappa shape index (κ2) is 6.03. The van der Waals surface area contributed by atoms with Gasteiger partial charge in [0, 0.05) is 17.0 Å². The van der Waals surface area contributed by atoms with Gasteiger partial charge in [0.1, 0.15) is 11.3 Å². The second-order valence-corrected chi connectivity index (χ2v) is 6.40. The van der Waals surface area contributed by atoms with Crippen molar-refractivity contribution in [2.45, 2.75) is 0 Å². The molecule has 6 nitrogen and oxygen atoms in total. The molecule has 0 spiro atoms. The van der Waals surface area contributed by atoms with Gasteiger partial charge in [-0.15, -0.1) is 0 Å². The zero-order chi connectivity index (χ0) is 17.4. The number of anilines is 1. The number of fused-ring (bicyclic) bond motifs is 2. The van der Waals surface area contributed by atoms with Crippen LogP contribution < -0.4 is 15.6 Å². The van der Waals surface area contributed by atoms with Crippen molar-refractivity contribution in [1.82, 2.24) is 9.97 Å². The molecule has 0 bridgehead atoms. The molecule has 124 valence electrons. The Labute approximate surface area is 146 Å². The van der Waals surface area contributed by atoms with Crippen molar-refractivity contribution in [1.29, 1.82) is 0 Å². The number of rotatable bonds is 3. The van der Waals surface area contributed by atoms with E-state index in [1.54, 1.807) is 25.3 Å². The summed E-state index contributed by atoms with van der Waals surface area (Å²) in [6, 6.07) is 14.1. The summed E-state index contributed by atoms with van der Waals surface area (Å²) in [5.41, 5.74) is 1.30. The maximum atomic E-state index is 12.7. The smallest absolute Gasteiger partial charge is 0.258 e. The van der Waals surface area contributed by atoms with Gasteiger partial charge in [-0.3, -0.25) is 14.9 Å². The Bertz CT molecular complexity index is 1160. The zero-order valence-electron chi connectivity index (χ0n) is 13.2. The van der Waals surface area contributed by atoms with Crippen LogP contribution in [0.1, 0.15) is 10.4 Å². The van der Waals surface area contributed by atoms with E-state index in [4.69, 9.17) is 4.74 Å². The van der Waals surface area contributed by atoms with Crippen molar-refractivity contribution in [2.75, 3.05) is 12.4 Å². The SMILES string of the molecule is COc1cccc2sc(NC(=O)c3cc(=O)[nH]c4ccccc34)nc12. The van der Waals surface area contributed by atoms with E-state index in [0.717, 1.165) is 4.70 Å². The Morgan fingerprint density at radius 1 is 1.20 bits per heavy atom. The average molecular weight is 351 g/mol. The van der Waals surface area contributed by atoms with Crippen molar-refractivity contribution >= 4 is 43.5 Å². The van der Waals surface area contributed by atoms with Gasteiger partial charge >= 0.3 is 0 Å². The third-order valence-corrected chi connectivity index (χ3v) is 4.75. The highest BCUT2D eigenvalue weighted by molar-refractivity contribution is 7.22. The first-order valence-electron chi connectivity index (χ1n) is 7.52. The van der Waals surface area contributed by atoms with E-state index in [0.29, 0.717) is 32.9 Å². The molecule has 7 heteroatoms. The average Bonchev–Trinajstić information content (AvgIpc) is 3.03. The van der Waals surface area contributed by atoms with Crippen LogP contribution >= 0.6 is 11.3 Å². The molecule has 4 rings (SSSR count). The number of aromatic nitrogens is 2. The van der Waals surface area contributed by atoms with Crippen molar-refractivity contribution in [3.8, 4) is 5.75 Å². The molecule has 0 aliphatic heterocycles. The number of ether oxygens (including phenoxy) is 1. The third-order valence-electron chi connectivity index (χ3n) is 3.82. The molecular formula is C18H13N3O3S.